The van der Waals surface area contributed by atoms with Gasteiger partial charge in [-0.3, -0.25) is 0 Å². The van der Waals surface area contributed by atoms with Gasteiger partial charge in [-0.15, -0.1) is 0 Å². The molecule has 1 aromatic heterocycles. The van der Waals surface area contributed by atoms with Crippen molar-refractivity contribution in [2.75, 3.05) is 7.11 Å². The number of nitrogens with zero attached hydrogens (tertiary/aromatic N) is 2. The highest BCUT2D eigenvalue weighted by molar-refractivity contribution is 9.10. The number of imidazole rings is 1. The summed E-state index contributed by atoms with van der Waals surface area (Å²) in [5, 5.41) is 0.780. The van der Waals surface area contributed by atoms with Crippen molar-refractivity contribution < 1.29 is 4.74 Å². The van der Waals surface area contributed by atoms with Crippen LogP contribution in [0.1, 0.15) is 24.5 Å². The van der Waals surface area contributed by atoms with E-state index in [-0.39, 0.29) is 0 Å². The summed E-state index contributed by atoms with van der Waals surface area (Å²) in [4.78, 5) is 4.58. The van der Waals surface area contributed by atoms with Crippen LogP contribution in [0.25, 0.3) is 11.4 Å². The molecule has 136 valence electrons. The summed E-state index contributed by atoms with van der Waals surface area (Å²) in [5.41, 5.74) is 3.38. The lowest BCUT2D eigenvalue weighted by atomic mass is 9.98. The van der Waals surface area contributed by atoms with Crippen molar-refractivity contribution in [2.24, 2.45) is 0 Å². The third-order valence-corrected chi connectivity index (χ3v) is 5.27. The van der Waals surface area contributed by atoms with Crippen LogP contribution in [0.2, 0.25) is 5.02 Å². The van der Waals surface area contributed by atoms with Crippen molar-refractivity contribution in [3.8, 4) is 17.1 Å². The molecule has 0 N–H and O–H groups in total. The lowest BCUT2D eigenvalue weighted by Crippen LogP contribution is -2.03. The molecule has 0 atom stereocenters. The van der Waals surface area contributed by atoms with E-state index in [2.05, 4.69) is 44.5 Å². The molecule has 0 radical (unpaired) electrons. The molecular formula is C21H22BrClN2O. The van der Waals surface area contributed by atoms with Crippen LogP contribution in [0.5, 0.6) is 5.75 Å². The molecule has 2 aromatic carbocycles. The van der Waals surface area contributed by atoms with E-state index in [9.17, 15) is 0 Å². The highest BCUT2D eigenvalue weighted by Gasteiger charge is 2.14. The fraction of sp³-hybridized carbons (Fsp3) is 0.286. The summed E-state index contributed by atoms with van der Waals surface area (Å²) >= 11 is 10.1. The van der Waals surface area contributed by atoms with Crippen molar-refractivity contribution >= 4 is 27.5 Å². The van der Waals surface area contributed by atoms with E-state index in [0.29, 0.717) is 0 Å². The number of aromatic nitrogens is 2. The van der Waals surface area contributed by atoms with Gasteiger partial charge in [0.1, 0.15) is 11.6 Å². The highest BCUT2D eigenvalue weighted by Crippen LogP contribution is 2.31. The topological polar surface area (TPSA) is 27.1 Å². The van der Waals surface area contributed by atoms with Crippen molar-refractivity contribution in [1.29, 1.82) is 0 Å². The fourth-order valence-electron chi connectivity index (χ4n) is 3.20. The first-order chi connectivity index (χ1) is 12.6. The Morgan fingerprint density at radius 3 is 2.81 bits per heavy atom. The molecule has 1 heterocycles. The largest absolute Gasteiger partial charge is 0.496 e. The van der Waals surface area contributed by atoms with Crippen molar-refractivity contribution in [2.45, 2.75) is 32.7 Å². The van der Waals surface area contributed by atoms with Gasteiger partial charge in [-0.25, -0.2) is 4.98 Å². The zero-order valence-corrected chi connectivity index (χ0v) is 17.3. The third kappa shape index (κ3) is 4.13. The molecule has 0 fully saturated rings. The fourth-order valence-corrected chi connectivity index (χ4v) is 3.88. The molecular weight excluding hydrogens is 412 g/mol. The number of ether oxygens (including phenoxy) is 1. The van der Waals surface area contributed by atoms with E-state index in [0.717, 1.165) is 63.6 Å². The molecule has 5 heteroatoms. The predicted molar refractivity (Wildman–Crippen MR) is 111 cm³/mol. The van der Waals surface area contributed by atoms with Gasteiger partial charge in [-0.05, 0) is 54.7 Å². The second kappa shape index (κ2) is 8.74. The van der Waals surface area contributed by atoms with Crippen LogP contribution in [0.3, 0.4) is 0 Å². The van der Waals surface area contributed by atoms with E-state index in [1.165, 1.54) is 0 Å². The minimum Gasteiger partial charge on any atom is -0.496 e. The maximum atomic E-state index is 6.57. The third-order valence-electron chi connectivity index (χ3n) is 4.43. The number of hydrogen-bond donors (Lipinski definition) is 0. The summed E-state index contributed by atoms with van der Waals surface area (Å²) in [6.07, 6.45) is 6.61. The Bertz CT molecular complexity index is 891. The first-order valence-electron chi connectivity index (χ1n) is 8.75. The number of hydrogen-bond acceptors (Lipinski definition) is 2. The van der Waals surface area contributed by atoms with Crippen molar-refractivity contribution in [3.05, 3.63) is 69.4 Å². The summed E-state index contributed by atoms with van der Waals surface area (Å²) in [5.74, 6) is 1.87. The molecule has 0 amide bonds. The normalized spacial score (nSPS) is 10.9. The zero-order valence-electron chi connectivity index (χ0n) is 15.0. The molecule has 0 saturated heterocycles. The molecule has 0 aliphatic heterocycles. The van der Waals surface area contributed by atoms with Crippen LogP contribution < -0.4 is 4.74 Å². The highest BCUT2D eigenvalue weighted by atomic mass is 79.9. The number of halogens is 2. The molecule has 0 spiro atoms. The number of methoxy groups -OCH3 is 1. The lowest BCUT2D eigenvalue weighted by Gasteiger charge is -2.14. The minimum absolute atomic E-state index is 0.780. The summed E-state index contributed by atoms with van der Waals surface area (Å²) in [7, 11) is 1.70. The van der Waals surface area contributed by atoms with Gasteiger partial charge in [0, 0.05) is 34.0 Å². The Labute approximate surface area is 168 Å². The predicted octanol–water partition coefficient (Wildman–Crippen LogP) is 6.17. The monoisotopic (exact) mass is 432 g/mol. The van der Waals surface area contributed by atoms with Crippen LogP contribution in [0.4, 0.5) is 0 Å². The average Bonchev–Trinajstić information content (AvgIpc) is 3.09. The molecule has 3 aromatic rings. The number of aryl methyl sites for hydroxylation is 2. The minimum atomic E-state index is 0.780. The molecule has 3 rings (SSSR count). The van der Waals surface area contributed by atoms with E-state index >= 15 is 0 Å². The maximum absolute atomic E-state index is 6.57. The van der Waals surface area contributed by atoms with Gasteiger partial charge in [0.15, 0.2) is 0 Å². The van der Waals surface area contributed by atoms with Crippen LogP contribution in [0.15, 0.2) is 53.3 Å². The lowest BCUT2D eigenvalue weighted by molar-refractivity contribution is 0.409. The van der Waals surface area contributed by atoms with Gasteiger partial charge in [-0.2, -0.15) is 0 Å². The second-order valence-electron chi connectivity index (χ2n) is 6.17. The van der Waals surface area contributed by atoms with Gasteiger partial charge in [0.2, 0.25) is 0 Å². The first kappa shape index (κ1) is 19.0. The molecule has 0 aliphatic carbocycles. The Balaban J connectivity index is 1.94. The summed E-state index contributed by atoms with van der Waals surface area (Å²) in [6, 6.07) is 12.1. The Morgan fingerprint density at radius 1 is 1.19 bits per heavy atom. The van der Waals surface area contributed by atoms with Gasteiger partial charge >= 0.3 is 0 Å². The second-order valence-corrected chi connectivity index (χ2v) is 7.49. The van der Waals surface area contributed by atoms with Gasteiger partial charge < -0.3 is 9.30 Å². The van der Waals surface area contributed by atoms with Gasteiger partial charge in [-0.1, -0.05) is 46.6 Å². The van der Waals surface area contributed by atoms with E-state index < -0.39 is 0 Å². The quantitative estimate of drug-likeness (QED) is 0.445. The van der Waals surface area contributed by atoms with Crippen LogP contribution in [0, 0.1) is 0 Å². The van der Waals surface area contributed by atoms with Crippen LogP contribution >= 0.6 is 27.5 Å². The maximum Gasteiger partial charge on any atom is 0.140 e. The Kier molecular flexibility index (Phi) is 6.38. The van der Waals surface area contributed by atoms with Gasteiger partial charge in [0.25, 0.3) is 0 Å². The number of benzene rings is 2. The summed E-state index contributed by atoms with van der Waals surface area (Å²) in [6.45, 7) is 3.11. The standard InChI is InChI=1S/C21H22BrClN2O/c1-3-12-25-13-11-24-21(25)18-5-4-6-19(23)17(18)9-7-15-14-16(22)8-10-20(15)26-2/h4-6,8,10-11,13-14H,3,7,9,12H2,1-2H3. The first-order valence-corrected chi connectivity index (χ1v) is 9.92. The average molecular weight is 434 g/mol. The Morgan fingerprint density at radius 2 is 2.04 bits per heavy atom. The van der Waals surface area contributed by atoms with E-state index in [1.54, 1.807) is 7.11 Å². The molecule has 26 heavy (non-hydrogen) atoms. The SMILES string of the molecule is CCCn1ccnc1-c1cccc(Cl)c1CCc1cc(Br)ccc1OC. The van der Waals surface area contributed by atoms with Crippen molar-refractivity contribution in [3.63, 3.8) is 0 Å². The van der Waals surface area contributed by atoms with E-state index in [4.69, 9.17) is 16.3 Å². The molecule has 0 saturated carbocycles. The van der Waals surface area contributed by atoms with Gasteiger partial charge in [0.05, 0.1) is 7.11 Å². The molecule has 0 unspecified atom stereocenters. The zero-order chi connectivity index (χ0) is 18.5. The molecule has 0 aliphatic rings. The smallest absolute Gasteiger partial charge is 0.140 e. The molecule has 3 nitrogen and oxygen atoms in total. The molecule has 0 bridgehead atoms. The van der Waals surface area contributed by atoms with E-state index in [1.807, 2.05) is 36.7 Å². The number of rotatable bonds is 7. The van der Waals surface area contributed by atoms with Crippen molar-refractivity contribution in [1.82, 2.24) is 9.55 Å². The van der Waals surface area contributed by atoms with Crippen LogP contribution in [-0.4, -0.2) is 16.7 Å². The Hall–Kier alpha value is -1.78. The summed E-state index contributed by atoms with van der Waals surface area (Å²) < 4.78 is 8.74. The van der Waals surface area contributed by atoms with Crippen LogP contribution in [-0.2, 0) is 19.4 Å².